The second-order valence-corrected chi connectivity index (χ2v) is 5.62. The summed E-state index contributed by atoms with van der Waals surface area (Å²) in [7, 11) is 0. The second-order valence-electron chi connectivity index (χ2n) is 5.62. The minimum atomic E-state index is -0.662. The fraction of sp³-hybridized carbons (Fsp3) is 0.211. The largest absolute Gasteiger partial charge is 0.382 e. The number of hydrogen-bond acceptors (Lipinski definition) is 2. The van der Waals surface area contributed by atoms with E-state index in [1.807, 2.05) is 56.3 Å². The summed E-state index contributed by atoms with van der Waals surface area (Å²) in [6.07, 6.45) is 1.11. The fourth-order valence-electron chi connectivity index (χ4n) is 2.69. The predicted octanol–water partition coefficient (Wildman–Crippen LogP) is 3.63. The molecule has 0 spiro atoms. The smallest absolute Gasteiger partial charge is 0.121 e. The van der Waals surface area contributed by atoms with E-state index < -0.39 is 6.10 Å². The van der Waals surface area contributed by atoms with E-state index in [1.54, 1.807) is 6.20 Å². The topological polar surface area (TPSA) is 38.1 Å². The van der Waals surface area contributed by atoms with Crippen molar-refractivity contribution in [2.45, 2.75) is 26.5 Å². The fourth-order valence-corrected chi connectivity index (χ4v) is 2.69. The van der Waals surface area contributed by atoms with Gasteiger partial charge in [-0.1, -0.05) is 60.2 Å². The maximum atomic E-state index is 10.7. The van der Waals surface area contributed by atoms with Crippen molar-refractivity contribution in [3.8, 4) is 0 Å². The average Bonchev–Trinajstić information content (AvgIpc) is 2.89. The number of rotatable bonds is 4. The van der Waals surface area contributed by atoms with Gasteiger partial charge in [0, 0.05) is 6.54 Å². The summed E-state index contributed by atoms with van der Waals surface area (Å²) in [5.41, 5.74) is 4.06. The molecule has 0 bridgehead atoms. The van der Waals surface area contributed by atoms with Crippen molar-refractivity contribution in [1.82, 2.24) is 9.55 Å². The van der Waals surface area contributed by atoms with Crippen LogP contribution in [0.2, 0.25) is 0 Å². The number of aliphatic hydroxyl groups is 1. The molecule has 0 unspecified atom stereocenters. The minimum absolute atomic E-state index is 0.662. The van der Waals surface area contributed by atoms with Gasteiger partial charge in [0.05, 0.1) is 11.9 Å². The SMILES string of the molecule is Cc1cccc([C@H](O)c2cnc(C)n2Cc2ccccc2)c1. The maximum Gasteiger partial charge on any atom is 0.121 e. The van der Waals surface area contributed by atoms with Gasteiger partial charge in [0.15, 0.2) is 0 Å². The Morgan fingerprint density at radius 2 is 1.82 bits per heavy atom. The molecule has 1 atom stereocenters. The van der Waals surface area contributed by atoms with Crippen LogP contribution in [0, 0.1) is 13.8 Å². The molecule has 0 saturated carbocycles. The lowest BCUT2D eigenvalue weighted by molar-refractivity contribution is 0.210. The van der Waals surface area contributed by atoms with Gasteiger partial charge in [-0.2, -0.15) is 0 Å². The van der Waals surface area contributed by atoms with Gasteiger partial charge in [0.2, 0.25) is 0 Å². The van der Waals surface area contributed by atoms with Crippen molar-refractivity contribution < 1.29 is 5.11 Å². The molecule has 0 amide bonds. The molecule has 112 valence electrons. The Bertz CT molecular complexity index is 762. The van der Waals surface area contributed by atoms with Crippen LogP contribution in [0.5, 0.6) is 0 Å². The number of benzene rings is 2. The summed E-state index contributed by atoms with van der Waals surface area (Å²) in [5.74, 6) is 0.908. The lowest BCUT2D eigenvalue weighted by atomic mass is 10.0. The molecule has 1 aromatic heterocycles. The molecule has 3 rings (SSSR count). The van der Waals surface area contributed by atoms with Gasteiger partial charge in [0.25, 0.3) is 0 Å². The average molecular weight is 292 g/mol. The van der Waals surface area contributed by atoms with E-state index >= 15 is 0 Å². The van der Waals surface area contributed by atoms with Crippen LogP contribution in [0.3, 0.4) is 0 Å². The summed E-state index contributed by atoms with van der Waals surface area (Å²) >= 11 is 0. The molecule has 3 heteroatoms. The van der Waals surface area contributed by atoms with Crippen molar-refractivity contribution in [2.24, 2.45) is 0 Å². The molecule has 3 nitrogen and oxygen atoms in total. The van der Waals surface area contributed by atoms with Crippen LogP contribution < -0.4 is 0 Å². The highest BCUT2D eigenvalue weighted by atomic mass is 16.3. The molecular weight excluding hydrogens is 272 g/mol. The van der Waals surface area contributed by atoms with Crippen molar-refractivity contribution >= 4 is 0 Å². The zero-order valence-corrected chi connectivity index (χ0v) is 12.9. The van der Waals surface area contributed by atoms with Gasteiger partial charge < -0.3 is 9.67 Å². The van der Waals surface area contributed by atoms with Gasteiger partial charge in [0.1, 0.15) is 11.9 Å². The first-order valence-electron chi connectivity index (χ1n) is 7.46. The zero-order valence-electron chi connectivity index (χ0n) is 12.9. The molecular formula is C19H20N2O. The highest BCUT2D eigenvalue weighted by Gasteiger charge is 2.17. The number of aliphatic hydroxyl groups excluding tert-OH is 1. The summed E-state index contributed by atoms with van der Waals surface area (Å²) < 4.78 is 2.07. The molecule has 0 aliphatic heterocycles. The van der Waals surface area contributed by atoms with E-state index in [4.69, 9.17) is 0 Å². The normalized spacial score (nSPS) is 12.3. The van der Waals surface area contributed by atoms with Gasteiger partial charge in [-0.3, -0.25) is 0 Å². The Morgan fingerprint density at radius 1 is 1.05 bits per heavy atom. The summed E-state index contributed by atoms with van der Waals surface area (Å²) in [5, 5.41) is 10.7. The number of aromatic nitrogens is 2. The van der Waals surface area contributed by atoms with E-state index in [0.717, 1.165) is 22.6 Å². The molecule has 22 heavy (non-hydrogen) atoms. The third-order valence-electron chi connectivity index (χ3n) is 3.91. The van der Waals surface area contributed by atoms with Crippen LogP contribution in [0.15, 0.2) is 60.8 Å². The molecule has 0 aliphatic carbocycles. The standard InChI is InChI=1S/C19H20N2O/c1-14-7-6-10-17(11-14)19(22)18-12-20-15(2)21(18)13-16-8-4-3-5-9-16/h3-12,19,22H,13H2,1-2H3/t19-/m0/s1. The molecule has 1 heterocycles. The Morgan fingerprint density at radius 3 is 2.55 bits per heavy atom. The van der Waals surface area contributed by atoms with Gasteiger partial charge in [-0.05, 0) is 25.0 Å². The van der Waals surface area contributed by atoms with E-state index in [2.05, 4.69) is 21.7 Å². The van der Waals surface area contributed by atoms with Crippen LogP contribution in [0.1, 0.15) is 34.3 Å². The summed E-state index contributed by atoms with van der Waals surface area (Å²) in [4.78, 5) is 4.38. The van der Waals surface area contributed by atoms with E-state index in [0.29, 0.717) is 6.54 Å². The number of aryl methyl sites for hydroxylation is 2. The molecule has 0 fully saturated rings. The van der Waals surface area contributed by atoms with E-state index in [9.17, 15) is 5.11 Å². The Labute approximate surface area is 130 Å². The van der Waals surface area contributed by atoms with Gasteiger partial charge in [-0.15, -0.1) is 0 Å². The summed E-state index contributed by atoms with van der Waals surface area (Å²) in [6.45, 7) is 4.71. The van der Waals surface area contributed by atoms with Gasteiger partial charge >= 0.3 is 0 Å². The number of nitrogens with zero attached hydrogens (tertiary/aromatic N) is 2. The van der Waals surface area contributed by atoms with Crippen molar-refractivity contribution in [3.63, 3.8) is 0 Å². The second kappa shape index (κ2) is 6.16. The minimum Gasteiger partial charge on any atom is -0.382 e. The molecule has 3 aromatic rings. The van der Waals surface area contributed by atoms with E-state index in [1.165, 1.54) is 5.56 Å². The van der Waals surface area contributed by atoms with Crippen LogP contribution >= 0.6 is 0 Å². The van der Waals surface area contributed by atoms with Gasteiger partial charge in [-0.25, -0.2) is 4.98 Å². The molecule has 0 radical (unpaired) electrons. The molecule has 0 saturated heterocycles. The van der Waals surface area contributed by atoms with Crippen molar-refractivity contribution in [1.29, 1.82) is 0 Å². The Kier molecular flexibility index (Phi) is 4.07. The third-order valence-corrected chi connectivity index (χ3v) is 3.91. The molecule has 2 aromatic carbocycles. The van der Waals surface area contributed by atoms with Crippen LogP contribution in [0.25, 0.3) is 0 Å². The van der Waals surface area contributed by atoms with Crippen LogP contribution in [0.4, 0.5) is 0 Å². The first-order valence-corrected chi connectivity index (χ1v) is 7.46. The quantitative estimate of drug-likeness (QED) is 0.797. The first kappa shape index (κ1) is 14.5. The van der Waals surface area contributed by atoms with E-state index in [-0.39, 0.29) is 0 Å². The van der Waals surface area contributed by atoms with Crippen LogP contribution in [-0.4, -0.2) is 14.7 Å². The number of hydrogen-bond donors (Lipinski definition) is 1. The maximum absolute atomic E-state index is 10.7. The highest BCUT2D eigenvalue weighted by Crippen LogP contribution is 2.24. The summed E-state index contributed by atoms with van der Waals surface area (Å²) in [6, 6.07) is 18.2. The zero-order chi connectivity index (χ0) is 15.5. The lowest BCUT2D eigenvalue weighted by Gasteiger charge is -2.16. The third kappa shape index (κ3) is 2.95. The highest BCUT2D eigenvalue weighted by molar-refractivity contribution is 5.30. The predicted molar refractivity (Wildman–Crippen MR) is 87.7 cm³/mol. The Balaban J connectivity index is 1.95. The Hall–Kier alpha value is -2.39. The number of imidazole rings is 1. The first-order chi connectivity index (χ1) is 10.6. The molecule has 0 aliphatic rings. The van der Waals surface area contributed by atoms with Crippen molar-refractivity contribution in [2.75, 3.05) is 0 Å². The monoisotopic (exact) mass is 292 g/mol. The van der Waals surface area contributed by atoms with Crippen LogP contribution in [-0.2, 0) is 6.54 Å². The van der Waals surface area contributed by atoms with Crippen molar-refractivity contribution in [3.05, 3.63) is 89.0 Å². The molecule has 1 N–H and O–H groups in total. The lowest BCUT2D eigenvalue weighted by Crippen LogP contribution is -2.11.